The van der Waals surface area contributed by atoms with Crippen molar-refractivity contribution in [3.63, 3.8) is 0 Å². The number of halogens is 2. The molecule has 0 aliphatic heterocycles. The van der Waals surface area contributed by atoms with Gasteiger partial charge in [0.15, 0.2) is 0 Å². The second kappa shape index (κ2) is 6.19. The van der Waals surface area contributed by atoms with Crippen molar-refractivity contribution in [1.29, 1.82) is 0 Å². The molecule has 7 heteroatoms. The highest BCUT2D eigenvalue weighted by molar-refractivity contribution is 7.98. The molecule has 1 aromatic rings. The zero-order valence-electron chi connectivity index (χ0n) is 10.2. The predicted octanol–water partition coefficient (Wildman–Crippen LogP) is 2.09. The van der Waals surface area contributed by atoms with Gasteiger partial charge in [-0.3, -0.25) is 10.1 Å². The smallest absolute Gasteiger partial charge is 0.284 e. The van der Waals surface area contributed by atoms with Crippen molar-refractivity contribution in [2.75, 3.05) is 0 Å². The Labute approximate surface area is 108 Å². The van der Waals surface area contributed by atoms with Gasteiger partial charge < -0.3 is 10.2 Å². The summed E-state index contributed by atoms with van der Waals surface area (Å²) < 4.78 is 29.3. The number of carbonyl (C=O) groups is 1. The molecule has 1 aromatic heterocycles. The summed E-state index contributed by atoms with van der Waals surface area (Å²) in [7, 11) is 0. The Balaban J connectivity index is 2.47. The van der Waals surface area contributed by atoms with Gasteiger partial charge in [0.05, 0.1) is 17.8 Å². The largest absolute Gasteiger partial charge is 0.464 e. The fourth-order valence-corrected chi connectivity index (χ4v) is 1.58. The lowest BCUT2D eigenvalue weighted by Gasteiger charge is -2.21. The molecule has 0 unspecified atom stereocenters. The van der Waals surface area contributed by atoms with Crippen LogP contribution in [0.25, 0.3) is 0 Å². The summed E-state index contributed by atoms with van der Waals surface area (Å²) in [6.07, 6.45) is 0. The molecule has 3 N–H and O–H groups in total. The minimum absolute atomic E-state index is 0.122. The van der Waals surface area contributed by atoms with Crippen molar-refractivity contribution in [3.8, 4) is 0 Å². The third-order valence-corrected chi connectivity index (χ3v) is 3.09. The zero-order chi connectivity index (χ0) is 13.8. The highest BCUT2D eigenvalue weighted by Crippen LogP contribution is 2.21. The van der Waals surface area contributed by atoms with E-state index in [0.717, 1.165) is 0 Å². The third-order valence-electron chi connectivity index (χ3n) is 2.39. The predicted molar refractivity (Wildman–Crippen MR) is 66.1 cm³/mol. The maximum absolute atomic E-state index is 12.0. The quantitative estimate of drug-likeness (QED) is 0.801. The van der Waals surface area contributed by atoms with E-state index in [1.165, 1.54) is 0 Å². The molecule has 0 aliphatic rings. The molecule has 0 radical (unpaired) electrons. The van der Waals surface area contributed by atoms with Crippen LogP contribution in [0.15, 0.2) is 16.5 Å². The van der Waals surface area contributed by atoms with Gasteiger partial charge in [-0.25, -0.2) is 0 Å². The van der Waals surface area contributed by atoms with Gasteiger partial charge in [-0.1, -0.05) is 11.8 Å². The van der Waals surface area contributed by atoms with E-state index in [4.69, 9.17) is 10.2 Å². The van der Waals surface area contributed by atoms with Crippen molar-refractivity contribution >= 4 is 17.7 Å². The van der Waals surface area contributed by atoms with Gasteiger partial charge >= 0.3 is 0 Å². The molecular formula is C11H16F2N2O2S. The number of nitrogens with one attached hydrogen (secondary N) is 1. The van der Waals surface area contributed by atoms with Crippen LogP contribution in [0.1, 0.15) is 25.4 Å². The Bertz CT molecular complexity index is 408. The van der Waals surface area contributed by atoms with Gasteiger partial charge in [-0.15, -0.1) is 0 Å². The Morgan fingerprint density at radius 2 is 2.11 bits per heavy atom. The summed E-state index contributed by atoms with van der Waals surface area (Å²) >= 11 is 0.505. The standard InChI is InChI=1S/C11H16F2N2O2S/c1-11(2,9(14)16)15-5-7-3-4-8(17-7)6-18-10(12)13/h3-4,10,15H,5-6H2,1-2H3,(H2,14,16). The molecule has 4 nitrogen and oxygen atoms in total. The number of carbonyl (C=O) groups excluding carboxylic acids is 1. The number of thioether (sulfide) groups is 1. The molecule has 1 heterocycles. The third kappa shape index (κ3) is 4.66. The van der Waals surface area contributed by atoms with E-state index in [1.54, 1.807) is 26.0 Å². The van der Waals surface area contributed by atoms with E-state index < -0.39 is 17.2 Å². The average molecular weight is 278 g/mol. The topological polar surface area (TPSA) is 68.3 Å². The fourth-order valence-electron chi connectivity index (χ4n) is 1.14. The molecule has 0 fully saturated rings. The van der Waals surface area contributed by atoms with Gasteiger partial charge in [-0.05, 0) is 26.0 Å². The Hall–Kier alpha value is -1.08. The summed E-state index contributed by atoms with van der Waals surface area (Å²) in [5, 5.41) is 2.93. The van der Waals surface area contributed by atoms with Gasteiger partial charge in [0.2, 0.25) is 5.91 Å². The van der Waals surface area contributed by atoms with Crippen LogP contribution >= 0.6 is 11.8 Å². The number of alkyl halides is 2. The summed E-state index contributed by atoms with van der Waals surface area (Å²) in [4.78, 5) is 11.1. The van der Waals surface area contributed by atoms with Gasteiger partial charge in [-0.2, -0.15) is 8.78 Å². The average Bonchev–Trinajstić information content (AvgIpc) is 2.71. The minimum atomic E-state index is -2.41. The molecule has 0 aliphatic carbocycles. The molecule has 0 saturated carbocycles. The van der Waals surface area contributed by atoms with Crippen LogP contribution in [0, 0.1) is 0 Å². The summed E-state index contributed by atoms with van der Waals surface area (Å²) in [5.74, 6) is -1.70. The molecule has 1 rings (SSSR count). The lowest BCUT2D eigenvalue weighted by molar-refractivity contribution is -0.123. The van der Waals surface area contributed by atoms with E-state index >= 15 is 0 Å². The van der Waals surface area contributed by atoms with Crippen molar-refractivity contribution in [2.45, 2.75) is 37.4 Å². The zero-order valence-corrected chi connectivity index (χ0v) is 11.0. The van der Waals surface area contributed by atoms with Crippen LogP contribution in [0.2, 0.25) is 0 Å². The van der Waals surface area contributed by atoms with Crippen LogP contribution < -0.4 is 11.1 Å². The molecule has 0 atom stereocenters. The van der Waals surface area contributed by atoms with Gasteiger partial charge in [0, 0.05) is 0 Å². The van der Waals surface area contributed by atoms with Crippen molar-refractivity contribution in [2.24, 2.45) is 5.73 Å². The Morgan fingerprint density at radius 1 is 1.50 bits per heavy atom. The number of hydrogen-bond acceptors (Lipinski definition) is 4. The summed E-state index contributed by atoms with van der Waals surface area (Å²) in [6.45, 7) is 3.63. The summed E-state index contributed by atoms with van der Waals surface area (Å²) in [6, 6.07) is 3.33. The highest BCUT2D eigenvalue weighted by atomic mass is 32.2. The second-order valence-electron chi connectivity index (χ2n) is 4.28. The first-order chi connectivity index (χ1) is 8.31. The minimum Gasteiger partial charge on any atom is -0.464 e. The van der Waals surface area contributed by atoms with Crippen LogP contribution in [-0.2, 0) is 17.1 Å². The van der Waals surface area contributed by atoms with Gasteiger partial charge in [0.1, 0.15) is 11.5 Å². The molecule has 102 valence electrons. The lowest BCUT2D eigenvalue weighted by Crippen LogP contribution is -2.50. The Kier molecular flexibility index (Phi) is 5.15. The number of furan rings is 1. The normalized spacial score (nSPS) is 12.1. The second-order valence-corrected chi connectivity index (χ2v) is 5.26. The summed E-state index contributed by atoms with van der Waals surface area (Å²) in [5.41, 5.74) is 4.36. The monoisotopic (exact) mass is 278 g/mol. The molecular weight excluding hydrogens is 262 g/mol. The lowest BCUT2D eigenvalue weighted by atomic mass is 10.1. The van der Waals surface area contributed by atoms with Crippen LogP contribution in [-0.4, -0.2) is 17.2 Å². The molecule has 0 aromatic carbocycles. The van der Waals surface area contributed by atoms with Crippen molar-refractivity contribution < 1.29 is 18.0 Å². The fraction of sp³-hybridized carbons (Fsp3) is 0.545. The van der Waals surface area contributed by atoms with Gasteiger partial charge in [0.25, 0.3) is 5.76 Å². The Morgan fingerprint density at radius 3 is 2.67 bits per heavy atom. The molecule has 1 amide bonds. The number of amides is 1. The van der Waals surface area contributed by atoms with Crippen LogP contribution in [0.5, 0.6) is 0 Å². The van der Waals surface area contributed by atoms with Crippen LogP contribution in [0.3, 0.4) is 0 Å². The number of rotatable bonds is 7. The van der Waals surface area contributed by atoms with E-state index in [9.17, 15) is 13.6 Å². The molecule has 18 heavy (non-hydrogen) atoms. The first-order valence-electron chi connectivity index (χ1n) is 5.33. The maximum Gasteiger partial charge on any atom is 0.284 e. The van der Waals surface area contributed by atoms with Crippen molar-refractivity contribution in [1.82, 2.24) is 5.32 Å². The SMILES string of the molecule is CC(C)(NCc1ccc(CSC(F)F)o1)C(N)=O. The first kappa shape index (κ1) is 15.0. The first-order valence-corrected chi connectivity index (χ1v) is 6.38. The maximum atomic E-state index is 12.0. The number of primary amides is 1. The number of nitrogens with two attached hydrogens (primary N) is 1. The van der Waals surface area contributed by atoms with E-state index in [2.05, 4.69) is 5.32 Å². The number of hydrogen-bond donors (Lipinski definition) is 2. The van der Waals surface area contributed by atoms with E-state index in [0.29, 0.717) is 29.8 Å². The van der Waals surface area contributed by atoms with E-state index in [-0.39, 0.29) is 5.75 Å². The molecule has 0 spiro atoms. The van der Waals surface area contributed by atoms with Crippen LogP contribution in [0.4, 0.5) is 8.78 Å². The highest BCUT2D eigenvalue weighted by Gasteiger charge is 2.24. The van der Waals surface area contributed by atoms with E-state index in [1.807, 2.05) is 0 Å². The van der Waals surface area contributed by atoms with Crippen molar-refractivity contribution in [3.05, 3.63) is 23.7 Å². The molecule has 0 saturated heterocycles. The molecule has 0 bridgehead atoms.